The molecule has 0 aliphatic carbocycles. The number of ether oxygens (including phenoxy) is 1. The van der Waals surface area contributed by atoms with Gasteiger partial charge in [-0.2, -0.15) is 0 Å². The number of amides is 2. The molecule has 2 aromatic rings. The first-order valence-electron chi connectivity index (χ1n) is 8.70. The quantitative estimate of drug-likeness (QED) is 0.786. The van der Waals surface area contributed by atoms with Gasteiger partial charge in [0, 0.05) is 19.8 Å². The van der Waals surface area contributed by atoms with Crippen LogP contribution in [-0.4, -0.2) is 42.6 Å². The molecule has 1 aliphatic heterocycles. The van der Waals surface area contributed by atoms with Crippen LogP contribution in [0.5, 0.6) is 5.75 Å². The van der Waals surface area contributed by atoms with Gasteiger partial charge in [0.1, 0.15) is 5.75 Å². The zero-order chi connectivity index (χ0) is 20.1. The van der Waals surface area contributed by atoms with Gasteiger partial charge in [-0.15, -0.1) is 0 Å². The van der Waals surface area contributed by atoms with Gasteiger partial charge in [-0.1, -0.05) is 29.8 Å². The number of aryl methyl sites for hydroxylation is 1. The molecule has 1 aliphatic rings. The maximum Gasteiger partial charge on any atom is 0.266 e. The first-order valence-corrected chi connectivity index (χ1v) is 9.51. The third-order valence-corrected chi connectivity index (χ3v) is 5.23. The van der Waals surface area contributed by atoms with Gasteiger partial charge in [0.2, 0.25) is 0 Å². The molecule has 3 rings (SSSR count). The number of thioether (sulfide) groups is 1. The summed E-state index contributed by atoms with van der Waals surface area (Å²) in [7, 11) is 3.37. The summed E-state index contributed by atoms with van der Waals surface area (Å²) in [5.41, 5.74) is 2.74. The molecular weight excluding hydrogens is 374 g/mol. The predicted octanol–water partition coefficient (Wildman–Crippen LogP) is 3.54. The van der Waals surface area contributed by atoms with E-state index in [4.69, 9.17) is 4.74 Å². The van der Waals surface area contributed by atoms with E-state index in [9.17, 15) is 9.59 Å². The molecule has 0 aromatic heterocycles. The van der Waals surface area contributed by atoms with Crippen molar-refractivity contribution in [3.05, 3.63) is 64.6 Å². The molecule has 0 bridgehead atoms. The number of nitrogens with zero attached hydrogens (tertiary/aromatic N) is 2. The van der Waals surface area contributed by atoms with E-state index < -0.39 is 0 Å². The van der Waals surface area contributed by atoms with E-state index in [2.05, 4.69) is 10.3 Å². The molecule has 2 amide bonds. The van der Waals surface area contributed by atoms with Crippen LogP contribution in [0.1, 0.15) is 11.1 Å². The van der Waals surface area contributed by atoms with Crippen molar-refractivity contribution in [1.29, 1.82) is 0 Å². The van der Waals surface area contributed by atoms with Crippen LogP contribution in [0.25, 0.3) is 6.08 Å². The zero-order valence-electron chi connectivity index (χ0n) is 15.9. The second-order valence-corrected chi connectivity index (χ2v) is 7.26. The largest absolute Gasteiger partial charge is 0.484 e. The van der Waals surface area contributed by atoms with E-state index in [-0.39, 0.29) is 18.4 Å². The van der Waals surface area contributed by atoms with Crippen LogP contribution in [0.2, 0.25) is 0 Å². The van der Waals surface area contributed by atoms with Crippen LogP contribution in [0, 0.1) is 6.92 Å². The molecule has 0 saturated carbocycles. The second-order valence-electron chi connectivity index (χ2n) is 6.25. The standard InChI is InChI=1S/C21H21N3O3S/c1-14-4-8-16(9-5-14)23-19(25)13-27-17-10-6-15(7-11-17)12-18-20(26)24(3)21(22-2)28-18/h4-12H,13H2,1-3H3,(H,23,25)/b18-12+,22-21?. The topological polar surface area (TPSA) is 71.0 Å². The SMILES string of the molecule is CN=C1S/C(=C/c2ccc(OCC(=O)Nc3ccc(C)cc3)cc2)C(=O)N1C. The number of aliphatic imine (C=N–C) groups is 1. The van der Waals surface area contributed by atoms with Crippen LogP contribution in [-0.2, 0) is 9.59 Å². The van der Waals surface area contributed by atoms with Gasteiger partial charge in [-0.25, -0.2) is 0 Å². The van der Waals surface area contributed by atoms with E-state index in [1.54, 1.807) is 26.2 Å². The lowest BCUT2D eigenvalue weighted by molar-refractivity contribution is -0.121. The van der Waals surface area contributed by atoms with Gasteiger partial charge >= 0.3 is 0 Å². The molecule has 144 valence electrons. The van der Waals surface area contributed by atoms with Crippen molar-refractivity contribution in [2.75, 3.05) is 26.0 Å². The van der Waals surface area contributed by atoms with Crippen molar-refractivity contribution >= 4 is 40.5 Å². The van der Waals surface area contributed by atoms with Crippen LogP contribution >= 0.6 is 11.8 Å². The molecule has 0 radical (unpaired) electrons. The molecule has 1 heterocycles. The molecule has 2 aromatic carbocycles. The van der Waals surface area contributed by atoms with Gasteiger partial charge in [-0.3, -0.25) is 19.5 Å². The van der Waals surface area contributed by atoms with Gasteiger partial charge in [0.25, 0.3) is 11.8 Å². The second kappa shape index (κ2) is 8.75. The molecule has 7 heteroatoms. The van der Waals surface area contributed by atoms with Gasteiger partial charge in [0.05, 0.1) is 4.91 Å². The minimum absolute atomic E-state index is 0.0706. The normalized spacial score (nSPS) is 16.7. The Bertz CT molecular complexity index is 934. The summed E-state index contributed by atoms with van der Waals surface area (Å²) in [5.74, 6) is 0.288. The summed E-state index contributed by atoms with van der Waals surface area (Å²) in [6.45, 7) is 1.91. The summed E-state index contributed by atoms with van der Waals surface area (Å²) >= 11 is 1.35. The Morgan fingerprint density at radius 1 is 1.18 bits per heavy atom. The van der Waals surface area contributed by atoms with Crippen molar-refractivity contribution in [2.45, 2.75) is 6.92 Å². The lowest BCUT2D eigenvalue weighted by atomic mass is 10.2. The van der Waals surface area contributed by atoms with E-state index >= 15 is 0 Å². The Kier molecular flexibility index (Phi) is 6.16. The van der Waals surface area contributed by atoms with E-state index in [0.717, 1.165) is 16.8 Å². The molecule has 1 saturated heterocycles. The Balaban J connectivity index is 1.56. The maximum atomic E-state index is 12.2. The van der Waals surface area contributed by atoms with E-state index in [0.29, 0.717) is 15.8 Å². The average molecular weight is 395 g/mol. The lowest BCUT2D eigenvalue weighted by Crippen LogP contribution is -2.23. The number of carbonyl (C=O) groups excluding carboxylic acids is 2. The fraction of sp³-hybridized carbons (Fsp3) is 0.190. The van der Waals surface area contributed by atoms with Gasteiger partial charge < -0.3 is 10.1 Å². The molecule has 0 unspecified atom stereocenters. The number of carbonyl (C=O) groups is 2. The molecule has 1 N–H and O–H groups in total. The smallest absolute Gasteiger partial charge is 0.266 e. The highest BCUT2D eigenvalue weighted by Gasteiger charge is 2.29. The molecule has 1 fully saturated rings. The zero-order valence-corrected chi connectivity index (χ0v) is 16.7. The summed E-state index contributed by atoms with van der Waals surface area (Å²) in [6.07, 6.45) is 1.82. The van der Waals surface area contributed by atoms with Crippen molar-refractivity contribution in [2.24, 2.45) is 4.99 Å². The van der Waals surface area contributed by atoms with Crippen LogP contribution < -0.4 is 10.1 Å². The third kappa shape index (κ3) is 4.80. The highest BCUT2D eigenvalue weighted by Crippen LogP contribution is 2.31. The fourth-order valence-corrected chi connectivity index (χ4v) is 3.47. The Hall–Kier alpha value is -3.06. The number of hydrogen-bond acceptors (Lipinski definition) is 5. The number of likely N-dealkylation sites (N-methyl/N-ethyl adjacent to an activating group) is 1. The highest BCUT2D eigenvalue weighted by molar-refractivity contribution is 8.18. The van der Waals surface area contributed by atoms with Crippen LogP contribution in [0.3, 0.4) is 0 Å². The monoisotopic (exact) mass is 395 g/mol. The summed E-state index contributed by atoms with van der Waals surface area (Å²) in [4.78, 5) is 30.4. The molecular formula is C21H21N3O3S. The Morgan fingerprint density at radius 3 is 2.46 bits per heavy atom. The van der Waals surface area contributed by atoms with E-state index in [1.807, 2.05) is 49.4 Å². The number of amidine groups is 1. The van der Waals surface area contributed by atoms with Gasteiger partial charge in [-0.05, 0) is 54.6 Å². The first-order chi connectivity index (χ1) is 13.5. The number of nitrogens with one attached hydrogen (secondary N) is 1. The maximum absolute atomic E-state index is 12.2. The van der Waals surface area contributed by atoms with E-state index in [1.165, 1.54) is 16.7 Å². The van der Waals surface area contributed by atoms with Crippen molar-refractivity contribution in [3.8, 4) is 5.75 Å². The number of anilines is 1. The highest BCUT2D eigenvalue weighted by atomic mass is 32.2. The number of benzene rings is 2. The minimum atomic E-state index is -0.225. The summed E-state index contributed by atoms with van der Waals surface area (Å²) < 4.78 is 5.53. The average Bonchev–Trinajstić information content (AvgIpc) is 2.97. The van der Waals surface area contributed by atoms with Crippen molar-refractivity contribution in [1.82, 2.24) is 4.90 Å². The molecule has 0 spiro atoms. The number of rotatable bonds is 5. The lowest BCUT2D eigenvalue weighted by Gasteiger charge is -2.08. The third-order valence-electron chi connectivity index (χ3n) is 4.08. The molecule has 0 atom stereocenters. The van der Waals surface area contributed by atoms with Gasteiger partial charge in [0.15, 0.2) is 11.8 Å². The fourth-order valence-electron chi connectivity index (χ4n) is 2.54. The van der Waals surface area contributed by atoms with Crippen LogP contribution in [0.15, 0.2) is 58.4 Å². The first kappa shape index (κ1) is 19.7. The Morgan fingerprint density at radius 2 is 1.86 bits per heavy atom. The summed E-state index contributed by atoms with van der Waals surface area (Å²) in [6, 6.07) is 14.8. The van der Waals surface area contributed by atoms with Crippen molar-refractivity contribution < 1.29 is 14.3 Å². The summed E-state index contributed by atoms with van der Waals surface area (Å²) in [5, 5.41) is 3.46. The molecule has 28 heavy (non-hydrogen) atoms. The minimum Gasteiger partial charge on any atom is -0.484 e. The molecule has 6 nitrogen and oxygen atoms in total. The van der Waals surface area contributed by atoms with Crippen LogP contribution in [0.4, 0.5) is 5.69 Å². The Labute approximate surface area is 168 Å². The van der Waals surface area contributed by atoms with Crippen molar-refractivity contribution in [3.63, 3.8) is 0 Å². The number of hydrogen-bond donors (Lipinski definition) is 1. The predicted molar refractivity (Wildman–Crippen MR) is 113 cm³/mol.